The summed E-state index contributed by atoms with van der Waals surface area (Å²) in [5.74, 6) is 0. The molecular formula is C8H10ClO. The lowest BCUT2D eigenvalue weighted by Crippen LogP contribution is -2.20. The zero-order valence-corrected chi connectivity index (χ0v) is 6.64. The second-order valence-electron chi connectivity index (χ2n) is 2.04. The van der Waals surface area contributed by atoms with E-state index in [9.17, 15) is 0 Å². The summed E-state index contributed by atoms with van der Waals surface area (Å²) < 4.78 is 5.24. The number of rotatable bonds is 2. The molecule has 0 atom stereocenters. The van der Waals surface area contributed by atoms with E-state index in [1.165, 1.54) is 0 Å². The maximum atomic E-state index is 5.96. The van der Waals surface area contributed by atoms with Crippen LogP contribution in [0.3, 0.4) is 0 Å². The average Bonchev–Trinajstić information content (AvgIpc) is 1.89. The molecule has 0 aromatic carbocycles. The Morgan fingerprint density at radius 2 is 2.00 bits per heavy atom. The van der Waals surface area contributed by atoms with Crippen molar-refractivity contribution in [1.82, 2.24) is 0 Å². The van der Waals surface area contributed by atoms with Crippen LogP contribution in [0.5, 0.6) is 0 Å². The summed E-state index contributed by atoms with van der Waals surface area (Å²) in [6, 6.07) is 0. The fourth-order valence-corrected chi connectivity index (χ4v) is 1.07. The fourth-order valence-electron chi connectivity index (χ4n) is 0.811. The smallest absolute Gasteiger partial charge is 0.179 e. The van der Waals surface area contributed by atoms with Gasteiger partial charge < -0.3 is 4.74 Å². The standard InChI is InChI=1S/C8H10ClO/c1-2-10-8(9)6-4-3-5-7-8/h3-7H,2H2,1H3. The third-order valence-electron chi connectivity index (χ3n) is 1.23. The first-order chi connectivity index (χ1) is 4.77. The van der Waals surface area contributed by atoms with E-state index >= 15 is 0 Å². The Morgan fingerprint density at radius 3 is 2.50 bits per heavy atom. The molecule has 1 aliphatic rings. The van der Waals surface area contributed by atoms with Gasteiger partial charge in [-0.1, -0.05) is 23.8 Å². The first kappa shape index (κ1) is 7.83. The van der Waals surface area contributed by atoms with Crippen molar-refractivity contribution in [3.05, 3.63) is 30.7 Å². The second kappa shape index (κ2) is 3.22. The van der Waals surface area contributed by atoms with Crippen molar-refractivity contribution in [1.29, 1.82) is 0 Å². The maximum Gasteiger partial charge on any atom is 0.179 e. The van der Waals surface area contributed by atoms with Gasteiger partial charge in [0.2, 0.25) is 0 Å². The van der Waals surface area contributed by atoms with E-state index in [4.69, 9.17) is 16.3 Å². The molecule has 2 heteroatoms. The molecule has 0 bridgehead atoms. The molecule has 0 aromatic rings. The zero-order chi connectivity index (χ0) is 7.45. The number of alkyl halides is 1. The SMILES string of the molecule is CCOC1(Cl)C=C[CH]C=C1. The Hall–Kier alpha value is -0.270. The molecule has 0 heterocycles. The zero-order valence-electron chi connectivity index (χ0n) is 5.88. The molecule has 1 aliphatic carbocycles. The van der Waals surface area contributed by atoms with Crippen molar-refractivity contribution in [2.24, 2.45) is 0 Å². The van der Waals surface area contributed by atoms with Crippen LogP contribution in [-0.4, -0.2) is 11.7 Å². The summed E-state index contributed by atoms with van der Waals surface area (Å²) in [6.45, 7) is 2.54. The molecule has 1 nitrogen and oxygen atoms in total. The first-order valence-corrected chi connectivity index (χ1v) is 3.68. The lowest BCUT2D eigenvalue weighted by molar-refractivity contribution is 0.0971. The van der Waals surface area contributed by atoms with Gasteiger partial charge in [-0.2, -0.15) is 0 Å². The summed E-state index contributed by atoms with van der Waals surface area (Å²) in [7, 11) is 0. The second-order valence-corrected chi connectivity index (χ2v) is 2.63. The number of hydrogen-bond acceptors (Lipinski definition) is 1. The minimum absolute atomic E-state index is 0.623. The Labute approximate surface area is 66.3 Å². The van der Waals surface area contributed by atoms with Gasteiger partial charge >= 0.3 is 0 Å². The van der Waals surface area contributed by atoms with Gasteiger partial charge in [0.25, 0.3) is 0 Å². The van der Waals surface area contributed by atoms with Crippen molar-refractivity contribution < 1.29 is 4.74 Å². The molecule has 1 radical (unpaired) electrons. The molecule has 0 N–H and O–H groups in total. The van der Waals surface area contributed by atoms with Crippen LogP contribution in [0.1, 0.15) is 6.92 Å². The molecular weight excluding hydrogens is 148 g/mol. The van der Waals surface area contributed by atoms with Gasteiger partial charge in [0.15, 0.2) is 5.06 Å². The van der Waals surface area contributed by atoms with Gasteiger partial charge in [0.1, 0.15) is 0 Å². The summed E-state index contributed by atoms with van der Waals surface area (Å²) >= 11 is 5.96. The summed E-state index contributed by atoms with van der Waals surface area (Å²) in [5, 5.41) is -0.691. The molecule has 10 heavy (non-hydrogen) atoms. The van der Waals surface area contributed by atoms with Gasteiger partial charge in [-0.25, -0.2) is 0 Å². The predicted octanol–water partition coefficient (Wildman–Crippen LogP) is 2.29. The van der Waals surface area contributed by atoms with Gasteiger partial charge in [0.05, 0.1) is 0 Å². The summed E-state index contributed by atoms with van der Waals surface area (Å²) in [4.78, 5) is 0. The van der Waals surface area contributed by atoms with E-state index in [2.05, 4.69) is 0 Å². The largest absolute Gasteiger partial charge is 0.353 e. The maximum absolute atomic E-state index is 5.96. The third-order valence-corrected chi connectivity index (χ3v) is 1.60. The van der Waals surface area contributed by atoms with Gasteiger partial charge in [0, 0.05) is 13.0 Å². The van der Waals surface area contributed by atoms with Crippen LogP contribution in [-0.2, 0) is 4.74 Å². The Bertz CT molecular complexity index is 149. The molecule has 0 saturated carbocycles. The normalized spacial score (nSPS) is 21.4. The lowest BCUT2D eigenvalue weighted by Gasteiger charge is -2.20. The quantitative estimate of drug-likeness (QED) is 0.559. The molecule has 0 unspecified atom stereocenters. The van der Waals surface area contributed by atoms with Crippen molar-refractivity contribution >= 4 is 11.6 Å². The van der Waals surface area contributed by atoms with Crippen LogP contribution in [0.25, 0.3) is 0 Å². The van der Waals surface area contributed by atoms with E-state index in [1.807, 2.05) is 37.6 Å². The topological polar surface area (TPSA) is 9.23 Å². The monoisotopic (exact) mass is 157 g/mol. The molecule has 55 valence electrons. The highest BCUT2D eigenvalue weighted by Gasteiger charge is 2.20. The van der Waals surface area contributed by atoms with Crippen LogP contribution in [0.15, 0.2) is 24.3 Å². The highest BCUT2D eigenvalue weighted by atomic mass is 35.5. The molecule has 1 rings (SSSR count). The van der Waals surface area contributed by atoms with E-state index in [0.29, 0.717) is 6.61 Å². The van der Waals surface area contributed by atoms with E-state index < -0.39 is 5.06 Å². The molecule has 0 aromatic heterocycles. The highest BCUT2D eigenvalue weighted by Crippen LogP contribution is 2.23. The average molecular weight is 158 g/mol. The third kappa shape index (κ3) is 1.86. The van der Waals surface area contributed by atoms with E-state index in [1.54, 1.807) is 0 Å². The van der Waals surface area contributed by atoms with Crippen molar-refractivity contribution in [2.45, 2.75) is 12.0 Å². The predicted molar refractivity (Wildman–Crippen MR) is 42.8 cm³/mol. The fraction of sp³-hybridized carbons (Fsp3) is 0.375. The molecule has 0 saturated heterocycles. The number of hydrogen-bond donors (Lipinski definition) is 0. The lowest BCUT2D eigenvalue weighted by atomic mass is 10.1. The van der Waals surface area contributed by atoms with Crippen LogP contribution in [0, 0.1) is 6.42 Å². The van der Waals surface area contributed by atoms with Gasteiger partial charge in [-0.15, -0.1) is 0 Å². The van der Waals surface area contributed by atoms with Crippen molar-refractivity contribution in [3.63, 3.8) is 0 Å². The van der Waals surface area contributed by atoms with Crippen LogP contribution < -0.4 is 0 Å². The molecule has 0 spiro atoms. The summed E-state index contributed by atoms with van der Waals surface area (Å²) in [5.41, 5.74) is 0. The Morgan fingerprint density at radius 1 is 1.40 bits per heavy atom. The Kier molecular flexibility index (Phi) is 2.52. The van der Waals surface area contributed by atoms with Crippen LogP contribution >= 0.6 is 11.6 Å². The highest BCUT2D eigenvalue weighted by molar-refractivity contribution is 6.25. The molecule has 0 fully saturated rings. The van der Waals surface area contributed by atoms with E-state index in [-0.39, 0.29) is 0 Å². The first-order valence-electron chi connectivity index (χ1n) is 3.30. The number of allylic oxidation sites excluding steroid dienone is 2. The summed E-state index contributed by atoms with van der Waals surface area (Å²) in [6.07, 6.45) is 9.31. The van der Waals surface area contributed by atoms with Crippen molar-refractivity contribution in [3.8, 4) is 0 Å². The van der Waals surface area contributed by atoms with Crippen LogP contribution in [0.2, 0.25) is 0 Å². The van der Waals surface area contributed by atoms with Crippen molar-refractivity contribution in [2.75, 3.05) is 6.61 Å². The minimum atomic E-state index is -0.691. The number of halogens is 1. The van der Waals surface area contributed by atoms with Crippen LogP contribution in [0.4, 0.5) is 0 Å². The number of ether oxygens (including phenoxy) is 1. The molecule has 0 aliphatic heterocycles. The van der Waals surface area contributed by atoms with E-state index in [0.717, 1.165) is 0 Å². The minimum Gasteiger partial charge on any atom is -0.353 e. The van der Waals surface area contributed by atoms with Gasteiger partial charge in [-0.05, 0) is 19.1 Å². The molecule has 0 amide bonds. The Balaban J connectivity index is 2.56. The van der Waals surface area contributed by atoms with Gasteiger partial charge in [-0.3, -0.25) is 0 Å².